The van der Waals surface area contributed by atoms with E-state index in [2.05, 4.69) is 20.0 Å². The van der Waals surface area contributed by atoms with E-state index in [1.165, 1.54) is 13.1 Å². The van der Waals surface area contributed by atoms with Gasteiger partial charge in [0.25, 0.3) is 0 Å². The molecule has 0 aliphatic carbocycles. The van der Waals surface area contributed by atoms with E-state index in [0.717, 1.165) is 18.3 Å². The van der Waals surface area contributed by atoms with Crippen LogP contribution in [0.25, 0.3) is 22.2 Å². The quantitative estimate of drug-likeness (QED) is 0.178. The Hall–Kier alpha value is -4.25. The third-order valence-electron chi connectivity index (χ3n) is 5.56. The maximum Gasteiger partial charge on any atom is 0.221 e. The molecule has 0 radical (unpaired) electrons. The lowest BCUT2D eigenvalue weighted by atomic mass is 9.99. The maximum atomic E-state index is 15.2. The lowest BCUT2D eigenvalue weighted by Crippen LogP contribution is -2.13. The second-order valence-electron chi connectivity index (χ2n) is 8.21. The van der Waals surface area contributed by atoms with Crippen LogP contribution in [0.5, 0.6) is 0 Å². The van der Waals surface area contributed by atoms with Crippen LogP contribution in [0, 0.1) is 17.0 Å². The molecule has 11 heteroatoms. The van der Waals surface area contributed by atoms with Crippen molar-refractivity contribution in [3.05, 3.63) is 77.1 Å². The van der Waals surface area contributed by atoms with Crippen LogP contribution in [0.2, 0.25) is 0 Å². The minimum absolute atomic E-state index is 0.0103. The summed E-state index contributed by atoms with van der Waals surface area (Å²) in [5.41, 5.74) is 1.53. The largest absolute Gasteiger partial charge is 0.345 e. The summed E-state index contributed by atoms with van der Waals surface area (Å²) in [7, 11) is -1.58. The predicted molar refractivity (Wildman–Crippen MR) is 140 cm³/mol. The number of fused-ring (bicyclic) bond motifs is 1. The van der Waals surface area contributed by atoms with Crippen LogP contribution in [-0.2, 0) is 15.8 Å². The van der Waals surface area contributed by atoms with Gasteiger partial charge in [-0.2, -0.15) is 0 Å². The van der Waals surface area contributed by atoms with Crippen molar-refractivity contribution >= 4 is 51.3 Å². The number of benzene rings is 2. The summed E-state index contributed by atoms with van der Waals surface area (Å²) in [4.78, 5) is 31.9. The first-order valence-electron chi connectivity index (χ1n) is 11.3. The second kappa shape index (κ2) is 10.8. The molecular weight excluding hydrogens is 500 g/mol. The van der Waals surface area contributed by atoms with Crippen LogP contribution in [0.4, 0.5) is 20.2 Å². The summed E-state index contributed by atoms with van der Waals surface area (Å²) in [5, 5.41) is 10.7. The average Bonchev–Trinajstić information content (AvgIpc) is 3.29. The third-order valence-corrected chi connectivity index (χ3v) is 6.78. The zero-order valence-electron chi connectivity index (χ0n) is 19.9. The molecule has 2 aromatic carbocycles. The van der Waals surface area contributed by atoms with Crippen LogP contribution >= 0.6 is 0 Å². The van der Waals surface area contributed by atoms with Crippen molar-refractivity contribution in [1.82, 2.24) is 9.97 Å². The molecule has 0 saturated carbocycles. The van der Waals surface area contributed by atoms with Gasteiger partial charge in [0.2, 0.25) is 11.7 Å². The monoisotopic (exact) mass is 523 g/mol. The normalized spacial score (nSPS) is 11.8. The minimum Gasteiger partial charge on any atom is -0.345 e. The van der Waals surface area contributed by atoms with E-state index in [1.54, 1.807) is 30.5 Å². The number of H-pyrrole nitrogens is 1. The highest BCUT2D eigenvalue weighted by Crippen LogP contribution is 2.30. The number of hydrogen-bond donors (Lipinski definition) is 4. The molecule has 0 saturated heterocycles. The molecule has 37 heavy (non-hydrogen) atoms. The fraction of sp³-hybridized carbons (Fsp3) is 0.154. The van der Waals surface area contributed by atoms with Crippen LogP contribution in [0.3, 0.4) is 0 Å². The number of nitrogens with one attached hydrogen (secondary N) is 4. The van der Waals surface area contributed by atoms with Crippen molar-refractivity contribution in [3.63, 3.8) is 0 Å². The summed E-state index contributed by atoms with van der Waals surface area (Å²) < 4.78 is 44.4. The smallest absolute Gasteiger partial charge is 0.221 e. The summed E-state index contributed by atoms with van der Waals surface area (Å²) in [6.45, 7) is 3.18. The molecule has 0 aliphatic heterocycles. The number of aromatic amines is 1. The fourth-order valence-corrected chi connectivity index (χ4v) is 4.72. The molecule has 0 spiro atoms. The van der Waals surface area contributed by atoms with Crippen molar-refractivity contribution in [2.45, 2.75) is 20.3 Å². The highest BCUT2D eigenvalue weighted by atomic mass is 32.2. The first-order chi connectivity index (χ1) is 17.7. The van der Waals surface area contributed by atoms with Gasteiger partial charge >= 0.3 is 0 Å². The van der Waals surface area contributed by atoms with E-state index in [0.29, 0.717) is 39.8 Å². The molecule has 4 rings (SSSR count). The molecule has 0 aliphatic rings. The number of pyridine rings is 1. The second-order valence-corrected chi connectivity index (χ2v) is 9.52. The van der Waals surface area contributed by atoms with Crippen molar-refractivity contribution in [2.75, 3.05) is 15.8 Å². The Bertz CT molecular complexity index is 1570. The molecule has 1 atom stereocenters. The fourth-order valence-electron chi connectivity index (χ4n) is 3.85. The Morgan fingerprint density at radius 3 is 2.59 bits per heavy atom. The van der Waals surface area contributed by atoms with Crippen molar-refractivity contribution < 1.29 is 22.6 Å². The van der Waals surface area contributed by atoms with Crippen LogP contribution < -0.4 is 10.0 Å². The maximum absolute atomic E-state index is 15.2. The molecule has 0 fully saturated rings. The molecule has 8 nitrogen and oxygen atoms in total. The molecule has 2 aromatic heterocycles. The summed E-state index contributed by atoms with van der Waals surface area (Å²) >= 11 is 0. The van der Waals surface area contributed by atoms with Crippen LogP contribution in [-0.4, -0.2) is 37.8 Å². The Morgan fingerprint density at radius 1 is 1.14 bits per heavy atom. The number of anilines is 2. The van der Waals surface area contributed by atoms with E-state index >= 15 is 4.39 Å². The number of ketones is 1. The number of hydrogen-bond acceptors (Lipinski definition) is 5. The first kappa shape index (κ1) is 25.8. The summed E-state index contributed by atoms with van der Waals surface area (Å²) in [5.74, 6) is -3.08. The van der Waals surface area contributed by atoms with Gasteiger partial charge in [-0.15, -0.1) is 0 Å². The number of halogens is 2. The number of rotatable bonds is 9. The highest BCUT2D eigenvalue weighted by molar-refractivity contribution is 7.86. The van der Waals surface area contributed by atoms with E-state index in [9.17, 15) is 18.2 Å². The van der Waals surface area contributed by atoms with Gasteiger partial charge in [0, 0.05) is 59.0 Å². The molecule has 2 heterocycles. The number of aromatic nitrogens is 2. The third kappa shape index (κ3) is 5.31. The van der Waals surface area contributed by atoms with Gasteiger partial charge in [0.15, 0.2) is 5.82 Å². The van der Waals surface area contributed by atoms with Gasteiger partial charge in [0.1, 0.15) is 22.5 Å². The van der Waals surface area contributed by atoms with E-state index in [4.69, 9.17) is 5.41 Å². The Balaban J connectivity index is 1.75. The molecule has 4 N–H and O–H groups in total. The van der Waals surface area contributed by atoms with Gasteiger partial charge in [0.05, 0.1) is 11.3 Å². The lowest BCUT2D eigenvalue weighted by Gasteiger charge is -2.11. The Labute approximate surface area is 213 Å². The van der Waals surface area contributed by atoms with Gasteiger partial charge in [-0.1, -0.05) is 13.0 Å². The molecule has 1 unspecified atom stereocenters. The highest BCUT2D eigenvalue weighted by Gasteiger charge is 2.25. The Kier molecular flexibility index (Phi) is 7.53. The number of carbonyl (C=O) groups excluding carboxylic acids is 2. The van der Waals surface area contributed by atoms with Crippen molar-refractivity contribution in [1.29, 1.82) is 5.41 Å². The topological polar surface area (TPSA) is 128 Å². The molecule has 190 valence electrons. The van der Waals surface area contributed by atoms with E-state index in [-0.39, 0.29) is 22.9 Å². The zero-order valence-corrected chi connectivity index (χ0v) is 20.8. The Morgan fingerprint density at radius 2 is 1.89 bits per heavy atom. The first-order valence-corrected chi connectivity index (χ1v) is 12.6. The number of carbonyl (C=O) groups is 2. The zero-order chi connectivity index (χ0) is 26.7. The molecule has 0 bridgehead atoms. The van der Waals surface area contributed by atoms with Gasteiger partial charge in [-0.05, 0) is 42.3 Å². The SMILES string of the molecule is CCCS(=O)Nc1ccc(F)c(C(=O)c2c[nH]c3ncc(-c4ccc(NC(C)=O)c(C=N)c4)cc23)c1F. The van der Waals surface area contributed by atoms with Crippen LogP contribution in [0.15, 0.2) is 48.8 Å². The summed E-state index contributed by atoms with van der Waals surface area (Å²) in [6.07, 6.45) is 4.59. The van der Waals surface area contributed by atoms with E-state index < -0.39 is 34.0 Å². The molecule has 1 amide bonds. The van der Waals surface area contributed by atoms with Gasteiger partial charge < -0.3 is 20.4 Å². The minimum atomic E-state index is -1.58. The predicted octanol–water partition coefficient (Wildman–Crippen LogP) is 5.18. The standard InChI is InChI=1S/C26H23F2N5O3S/c1-3-8-37(36)33-22-7-5-20(27)23(24(22)28)25(35)19-13-31-26-18(19)10-17(12-30-26)15-4-6-21(32-14(2)34)16(9-15)11-29/h4-7,9-13,29,33H,3,8H2,1-2H3,(H,30,31)(H,32,34). The van der Waals surface area contributed by atoms with Gasteiger partial charge in [-0.3, -0.25) is 9.59 Å². The van der Waals surface area contributed by atoms with Gasteiger partial charge in [-0.25, -0.2) is 18.0 Å². The average molecular weight is 524 g/mol. The lowest BCUT2D eigenvalue weighted by molar-refractivity contribution is -0.114. The molecule has 4 aromatic rings. The summed E-state index contributed by atoms with van der Waals surface area (Å²) in [6, 6.07) is 8.77. The number of nitrogens with zero attached hydrogens (tertiary/aromatic N) is 1. The number of amides is 1. The van der Waals surface area contributed by atoms with Crippen molar-refractivity contribution in [3.8, 4) is 11.1 Å². The van der Waals surface area contributed by atoms with Crippen LogP contribution in [0.1, 0.15) is 41.8 Å². The van der Waals surface area contributed by atoms with Crippen molar-refractivity contribution in [2.24, 2.45) is 0 Å². The molecular formula is C26H23F2N5O3S. The van der Waals surface area contributed by atoms with E-state index in [1.807, 2.05) is 6.92 Å².